The first kappa shape index (κ1) is 19.2. The van der Waals surface area contributed by atoms with Crippen molar-refractivity contribution in [3.8, 4) is 5.75 Å². The maximum Gasteiger partial charge on any atom is 0.222 e. The molecule has 1 atom stereocenters. The molecule has 0 amide bonds. The number of benzene rings is 1. The molecule has 0 radical (unpaired) electrons. The fourth-order valence-corrected chi connectivity index (χ4v) is 3.86. The van der Waals surface area contributed by atoms with Crippen molar-refractivity contribution in [2.24, 2.45) is 0 Å². The zero-order valence-electron chi connectivity index (χ0n) is 16.6. The number of piperidine rings is 1. The number of ether oxygens (including phenoxy) is 2. The van der Waals surface area contributed by atoms with Gasteiger partial charge in [0.2, 0.25) is 5.95 Å². The predicted molar refractivity (Wildman–Crippen MR) is 110 cm³/mol. The number of nitrogens with zero attached hydrogens (tertiary/aromatic N) is 3. The second-order valence-electron chi connectivity index (χ2n) is 7.84. The maximum absolute atomic E-state index is 6.15. The lowest BCUT2D eigenvalue weighted by Crippen LogP contribution is -2.37. The van der Waals surface area contributed by atoms with Crippen LogP contribution in [-0.2, 0) is 11.3 Å². The normalized spacial score (nSPS) is 21.0. The van der Waals surface area contributed by atoms with E-state index in [2.05, 4.69) is 45.3 Å². The molecule has 2 aliphatic rings. The molecule has 2 fully saturated rings. The van der Waals surface area contributed by atoms with Crippen LogP contribution in [0.5, 0.6) is 5.75 Å². The third-order valence-corrected chi connectivity index (χ3v) is 5.45. The lowest BCUT2D eigenvalue weighted by Gasteiger charge is -2.32. The Kier molecular flexibility index (Phi) is 6.39. The van der Waals surface area contributed by atoms with E-state index < -0.39 is 0 Å². The molecule has 4 rings (SSSR count). The van der Waals surface area contributed by atoms with Gasteiger partial charge in [0.1, 0.15) is 11.9 Å². The van der Waals surface area contributed by atoms with E-state index in [1.165, 1.54) is 5.56 Å². The molecule has 2 aromatic rings. The highest BCUT2D eigenvalue weighted by molar-refractivity contribution is 5.28. The summed E-state index contributed by atoms with van der Waals surface area (Å²) in [7, 11) is 0. The van der Waals surface area contributed by atoms with Crippen LogP contribution in [0.4, 0.5) is 5.95 Å². The third-order valence-electron chi connectivity index (χ3n) is 5.45. The minimum atomic E-state index is 0.298. The average Bonchev–Trinajstić information content (AvgIpc) is 3.23. The molecule has 0 saturated carbocycles. The van der Waals surface area contributed by atoms with Gasteiger partial charge in [-0.05, 0) is 50.3 Å². The Bertz CT molecular complexity index is 738. The van der Waals surface area contributed by atoms with E-state index in [9.17, 15) is 0 Å². The van der Waals surface area contributed by atoms with Gasteiger partial charge in [0, 0.05) is 50.7 Å². The van der Waals surface area contributed by atoms with Crippen molar-refractivity contribution < 1.29 is 9.47 Å². The lowest BCUT2D eigenvalue weighted by molar-refractivity contribution is 0.0966. The number of likely N-dealkylation sites (tertiary alicyclic amines) is 1. The van der Waals surface area contributed by atoms with E-state index in [0.29, 0.717) is 18.2 Å². The van der Waals surface area contributed by atoms with Crippen molar-refractivity contribution in [3.63, 3.8) is 0 Å². The van der Waals surface area contributed by atoms with E-state index in [-0.39, 0.29) is 0 Å². The Hall–Kier alpha value is -2.18. The van der Waals surface area contributed by atoms with Crippen LogP contribution in [0.25, 0.3) is 0 Å². The Labute approximate surface area is 167 Å². The molecule has 6 heteroatoms. The molecule has 0 spiro atoms. The summed E-state index contributed by atoms with van der Waals surface area (Å²) in [6, 6.07) is 8.31. The monoisotopic (exact) mass is 382 g/mol. The molecular weight excluding hydrogens is 352 g/mol. The van der Waals surface area contributed by atoms with E-state index in [0.717, 1.165) is 69.8 Å². The second-order valence-corrected chi connectivity index (χ2v) is 7.84. The van der Waals surface area contributed by atoms with Crippen LogP contribution in [0, 0.1) is 6.92 Å². The Morgan fingerprint density at radius 1 is 1.18 bits per heavy atom. The Balaban J connectivity index is 1.20. The molecule has 3 heterocycles. The summed E-state index contributed by atoms with van der Waals surface area (Å²) in [6.07, 6.45) is 8.84. The van der Waals surface area contributed by atoms with Crippen molar-refractivity contribution in [1.29, 1.82) is 0 Å². The SMILES string of the molecule is Cc1cccc(OC2CCN(Cc3cnc(NC[C@@H]4CCCO4)nc3)CC2)c1. The molecular formula is C22H30N4O2. The summed E-state index contributed by atoms with van der Waals surface area (Å²) in [5, 5.41) is 3.27. The van der Waals surface area contributed by atoms with Crippen LogP contribution >= 0.6 is 0 Å². The van der Waals surface area contributed by atoms with Gasteiger partial charge in [0.25, 0.3) is 0 Å². The van der Waals surface area contributed by atoms with Crippen LogP contribution in [0.15, 0.2) is 36.7 Å². The summed E-state index contributed by atoms with van der Waals surface area (Å²) in [4.78, 5) is 11.4. The predicted octanol–water partition coefficient (Wildman–Crippen LogP) is 3.42. The number of aryl methyl sites for hydroxylation is 1. The van der Waals surface area contributed by atoms with Gasteiger partial charge >= 0.3 is 0 Å². The minimum Gasteiger partial charge on any atom is -0.490 e. The number of rotatable bonds is 7. The van der Waals surface area contributed by atoms with Crippen LogP contribution < -0.4 is 10.1 Å². The molecule has 0 unspecified atom stereocenters. The van der Waals surface area contributed by atoms with E-state index in [1.54, 1.807) is 0 Å². The summed E-state index contributed by atoms with van der Waals surface area (Å²) in [5.41, 5.74) is 2.39. The zero-order chi connectivity index (χ0) is 19.2. The molecule has 1 N–H and O–H groups in total. The van der Waals surface area contributed by atoms with Crippen molar-refractivity contribution in [2.75, 3.05) is 31.6 Å². The number of hydrogen-bond donors (Lipinski definition) is 1. The molecule has 0 aliphatic carbocycles. The first-order valence-electron chi connectivity index (χ1n) is 10.4. The van der Waals surface area contributed by atoms with Gasteiger partial charge in [-0.3, -0.25) is 4.90 Å². The van der Waals surface area contributed by atoms with Crippen LogP contribution in [0.1, 0.15) is 36.8 Å². The fourth-order valence-electron chi connectivity index (χ4n) is 3.86. The third kappa shape index (κ3) is 5.42. The maximum atomic E-state index is 6.15. The standard InChI is InChI=1S/C22H30N4O2/c1-17-4-2-5-20(12-17)28-19-7-9-26(10-8-19)16-18-13-23-22(24-14-18)25-15-21-6-3-11-27-21/h2,4-5,12-14,19,21H,3,6-11,15-16H2,1H3,(H,23,24,25)/t21-/m0/s1. The van der Waals surface area contributed by atoms with Crippen LogP contribution in [-0.4, -0.2) is 53.3 Å². The van der Waals surface area contributed by atoms with Gasteiger partial charge in [0.15, 0.2) is 0 Å². The number of anilines is 1. The van der Waals surface area contributed by atoms with E-state index in [1.807, 2.05) is 18.5 Å². The van der Waals surface area contributed by atoms with Crippen molar-refractivity contribution in [2.45, 2.75) is 51.4 Å². The summed E-state index contributed by atoms with van der Waals surface area (Å²) in [6.45, 7) is 6.72. The summed E-state index contributed by atoms with van der Waals surface area (Å²) < 4.78 is 11.8. The highest BCUT2D eigenvalue weighted by Crippen LogP contribution is 2.21. The van der Waals surface area contributed by atoms with E-state index in [4.69, 9.17) is 9.47 Å². The van der Waals surface area contributed by atoms with Gasteiger partial charge in [-0.2, -0.15) is 0 Å². The fraction of sp³-hybridized carbons (Fsp3) is 0.545. The first-order valence-corrected chi connectivity index (χ1v) is 10.4. The molecule has 150 valence electrons. The molecule has 6 nitrogen and oxygen atoms in total. The smallest absolute Gasteiger partial charge is 0.222 e. The van der Waals surface area contributed by atoms with Crippen molar-refractivity contribution in [1.82, 2.24) is 14.9 Å². The largest absolute Gasteiger partial charge is 0.490 e. The van der Waals surface area contributed by atoms with Crippen molar-refractivity contribution in [3.05, 3.63) is 47.8 Å². The molecule has 2 aliphatic heterocycles. The molecule has 1 aromatic carbocycles. The highest BCUT2D eigenvalue weighted by Gasteiger charge is 2.21. The number of nitrogens with one attached hydrogen (secondary N) is 1. The second kappa shape index (κ2) is 9.34. The van der Waals surface area contributed by atoms with Gasteiger partial charge < -0.3 is 14.8 Å². The topological polar surface area (TPSA) is 59.5 Å². The Morgan fingerprint density at radius 2 is 2.00 bits per heavy atom. The minimum absolute atomic E-state index is 0.298. The van der Waals surface area contributed by atoms with Crippen LogP contribution in [0.2, 0.25) is 0 Å². The quantitative estimate of drug-likeness (QED) is 0.792. The molecule has 1 aromatic heterocycles. The Morgan fingerprint density at radius 3 is 2.71 bits per heavy atom. The summed E-state index contributed by atoms with van der Waals surface area (Å²) >= 11 is 0. The van der Waals surface area contributed by atoms with Crippen molar-refractivity contribution >= 4 is 5.95 Å². The highest BCUT2D eigenvalue weighted by atomic mass is 16.5. The molecule has 0 bridgehead atoms. The van der Waals surface area contributed by atoms with Gasteiger partial charge in [0.05, 0.1) is 6.10 Å². The molecule has 2 saturated heterocycles. The lowest BCUT2D eigenvalue weighted by atomic mass is 10.1. The zero-order valence-corrected chi connectivity index (χ0v) is 16.6. The molecule has 28 heavy (non-hydrogen) atoms. The van der Waals surface area contributed by atoms with E-state index >= 15 is 0 Å². The summed E-state index contributed by atoms with van der Waals surface area (Å²) in [5.74, 6) is 1.67. The van der Waals surface area contributed by atoms with Crippen LogP contribution in [0.3, 0.4) is 0 Å². The van der Waals surface area contributed by atoms with Gasteiger partial charge in [-0.1, -0.05) is 12.1 Å². The van der Waals surface area contributed by atoms with Gasteiger partial charge in [-0.15, -0.1) is 0 Å². The first-order chi connectivity index (χ1) is 13.7. The number of hydrogen-bond acceptors (Lipinski definition) is 6. The average molecular weight is 383 g/mol. The number of aromatic nitrogens is 2. The van der Waals surface area contributed by atoms with Gasteiger partial charge in [-0.25, -0.2) is 9.97 Å².